The summed E-state index contributed by atoms with van der Waals surface area (Å²) in [6.07, 6.45) is 2.01. The van der Waals surface area contributed by atoms with Crippen LogP contribution in [-0.2, 0) is 6.42 Å². The molecule has 1 aliphatic heterocycles. The van der Waals surface area contributed by atoms with Crippen LogP contribution in [0.4, 0.5) is 4.79 Å². The molecule has 118 valence electrons. The summed E-state index contributed by atoms with van der Waals surface area (Å²) >= 11 is 1.80. The molecule has 0 bridgehead atoms. The van der Waals surface area contributed by atoms with Crippen molar-refractivity contribution in [3.8, 4) is 0 Å². The highest BCUT2D eigenvalue weighted by molar-refractivity contribution is 7.11. The van der Waals surface area contributed by atoms with E-state index in [1.54, 1.807) is 11.3 Å². The second-order valence-corrected chi connectivity index (χ2v) is 6.68. The normalized spacial score (nSPS) is 19.8. The van der Waals surface area contributed by atoms with E-state index < -0.39 is 0 Å². The zero-order valence-electron chi connectivity index (χ0n) is 13.4. The lowest BCUT2D eigenvalue weighted by Gasteiger charge is -2.20. The first-order valence-corrected chi connectivity index (χ1v) is 8.61. The summed E-state index contributed by atoms with van der Waals surface area (Å²) in [4.78, 5) is 19.6. The number of hydrogen-bond acceptors (Lipinski definition) is 4. The number of carbonyl (C=O) groups is 1. The second-order valence-electron chi connectivity index (χ2n) is 5.57. The van der Waals surface area contributed by atoms with E-state index in [0.717, 1.165) is 31.6 Å². The SMILES string of the molecule is CCNC(=O)N1CC[C@@H](N[C@@H](C)c2sc(CC)nc2C)C1. The standard InChI is InChI=1S/C15H26N4OS/c1-5-13-18-11(4)14(21-13)10(3)17-12-7-8-19(9-12)15(20)16-6-2/h10,12,17H,5-9H2,1-4H3,(H,16,20)/t10-,12+/m0/s1. The Morgan fingerprint density at radius 1 is 1.52 bits per heavy atom. The van der Waals surface area contributed by atoms with Crippen LogP contribution in [0.25, 0.3) is 0 Å². The van der Waals surface area contributed by atoms with E-state index in [1.807, 2.05) is 11.8 Å². The number of nitrogens with zero attached hydrogens (tertiary/aromatic N) is 2. The number of likely N-dealkylation sites (tertiary alicyclic amines) is 1. The summed E-state index contributed by atoms with van der Waals surface area (Å²) in [5, 5.41) is 7.71. The van der Waals surface area contributed by atoms with Gasteiger partial charge in [-0.3, -0.25) is 0 Å². The molecule has 2 rings (SSSR count). The van der Waals surface area contributed by atoms with Gasteiger partial charge in [0.05, 0.1) is 10.7 Å². The predicted octanol–water partition coefficient (Wildman–Crippen LogP) is 2.47. The van der Waals surface area contributed by atoms with Crippen LogP contribution < -0.4 is 10.6 Å². The van der Waals surface area contributed by atoms with E-state index in [1.165, 1.54) is 9.88 Å². The van der Waals surface area contributed by atoms with Crippen molar-refractivity contribution in [3.63, 3.8) is 0 Å². The van der Waals surface area contributed by atoms with Crippen molar-refractivity contribution >= 4 is 17.4 Å². The first kappa shape index (κ1) is 16.2. The highest BCUT2D eigenvalue weighted by Crippen LogP contribution is 2.26. The van der Waals surface area contributed by atoms with Gasteiger partial charge in [0.2, 0.25) is 0 Å². The summed E-state index contributed by atoms with van der Waals surface area (Å²) in [5.74, 6) is 0. The van der Waals surface area contributed by atoms with Crippen molar-refractivity contribution in [2.24, 2.45) is 0 Å². The van der Waals surface area contributed by atoms with Gasteiger partial charge in [-0.25, -0.2) is 9.78 Å². The van der Waals surface area contributed by atoms with Crippen molar-refractivity contribution < 1.29 is 4.79 Å². The van der Waals surface area contributed by atoms with Gasteiger partial charge in [0.25, 0.3) is 0 Å². The van der Waals surface area contributed by atoms with Gasteiger partial charge in [0, 0.05) is 36.6 Å². The van der Waals surface area contributed by atoms with Gasteiger partial charge >= 0.3 is 6.03 Å². The molecule has 0 aliphatic carbocycles. The van der Waals surface area contributed by atoms with Gasteiger partial charge in [-0.05, 0) is 33.6 Å². The maximum absolute atomic E-state index is 11.8. The molecule has 5 nitrogen and oxygen atoms in total. The van der Waals surface area contributed by atoms with Gasteiger partial charge in [-0.15, -0.1) is 11.3 Å². The fourth-order valence-corrected chi connectivity index (χ4v) is 3.81. The molecular weight excluding hydrogens is 284 g/mol. The molecule has 0 saturated carbocycles. The Morgan fingerprint density at radius 3 is 2.90 bits per heavy atom. The van der Waals surface area contributed by atoms with E-state index in [-0.39, 0.29) is 6.03 Å². The number of urea groups is 1. The van der Waals surface area contributed by atoms with E-state index in [4.69, 9.17) is 0 Å². The van der Waals surface area contributed by atoms with Crippen molar-refractivity contribution in [2.75, 3.05) is 19.6 Å². The molecule has 2 N–H and O–H groups in total. The molecule has 1 fully saturated rings. The minimum atomic E-state index is 0.0525. The molecule has 0 aromatic carbocycles. The Kier molecular flexibility index (Phi) is 5.58. The highest BCUT2D eigenvalue weighted by atomic mass is 32.1. The number of carbonyl (C=O) groups excluding carboxylic acids is 1. The van der Waals surface area contributed by atoms with Gasteiger partial charge in [-0.1, -0.05) is 6.92 Å². The van der Waals surface area contributed by atoms with E-state index in [9.17, 15) is 4.79 Å². The molecule has 0 radical (unpaired) electrons. The fraction of sp³-hybridized carbons (Fsp3) is 0.733. The average Bonchev–Trinajstić information content (AvgIpc) is 3.05. The molecular formula is C15H26N4OS. The first-order chi connectivity index (χ1) is 10.0. The topological polar surface area (TPSA) is 57.3 Å². The first-order valence-electron chi connectivity index (χ1n) is 7.80. The van der Waals surface area contributed by atoms with Gasteiger partial charge < -0.3 is 15.5 Å². The fourth-order valence-electron chi connectivity index (χ4n) is 2.79. The third-order valence-electron chi connectivity index (χ3n) is 3.86. The summed E-state index contributed by atoms with van der Waals surface area (Å²) < 4.78 is 0. The van der Waals surface area contributed by atoms with E-state index >= 15 is 0 Å². The maximum Gasteiger partial charge on any atom is 0.317 e. The van der Waals surface area contributed by atoms with Crippen LogP contribution in [0.3, 0.4) is 0 Å². The lowest BCUT2D eigenvalue weighted by atomic mass is 10.2. The molecule has 6 heteroatoms. The van der Waals surface area contributed by atoms with Crippen LogP contribution in [0.15, 0.2) is 0 Å². The maximum atomic E-state index is 11.8. The van der Waals surface area contributed by atoms with Crippen molar-refractivity contribution in [1.29, 1.82) is 0 Å². The van der Waals surface area contributed by atoms with Crippen LogP contribution in [0.2, 0.25) is 0 Å². The van der Waals surface area contributed by atoms with Crippen molar-refractivity contribution in [2.45, 2.75) is 52.6 Å². The Balaban J connectivity index is 1.90. The highest BCUT2D eigenvalue weighted by Gasteiger charge is 2.27. The summed E-state index contributed by atoms with van der Waals surface area (Å²) in [7, 11) is 0. The summed E-state index contributed by atoms with van der Waals surface area (Å²) in [6.45, 7) is 10.7. The molecule has 2 atom stereocenters. The van der Waals surface area contributed by atoms with Crippen LogP contribution in [0.5, 0.6) is 0 Å². The Bertz CT molecular complexity index is 488. The van der Waals surface area contributed by atoms with Gasteiger partial charge in [0.15, 0.2) is 0 Å². The Labute approximate surface area is 131 Å². The number of thiazole rings is 1. The minimum absolute atomic E-state index is 0.0525. The van der Waals surface area contributed by atoms with Gasteiger partial charge in [-0.2, -0.15) is 0 Å². The molecule has 0 unspecified atom stereocenters. The van der Waals surface area contributed by atoms with Crippen LogP contribution in [0.1, 0.15) is 48.8 Å². The third kappa shape index (κ3) is 3.95. The molecule has 0 spiro atoms. The van der Waals surface area contributed by atoms with Crippen molar-refractivity contribution in [1.82, 2.24) is 20.5 Å². The number of hydrogen-bond donors (Lipinski definition) is 2. The van der Waals surface area contributed by atoms with Crippen LogP contribution >= 0.6 is 11.3 Å². The molecule has 1 aromatic rings. The lowest BCUT2D eigenvalue weighted by molar-refractivity contribution is 0.208. The lowest BCUT2D eigenvalue weighted by Crippen LogP contribution is -2.41. The Morgan fingerprint density at radius 2 is 2.29 bits per heavy atom. The van der Waals surface area contributed by atoms with Crippen LogP contribution in [-0.4, -0.2) is 41.6 Å². The number of nitrogens with one attached hydrogen (secondary N) is 2. The van der Waals surface area contributed by atoms with E-state index in [2.05, 4.69) is 36.4 Å². The Hall–Kier alpha value is -1.14. The van der Waals surface area contributed by atoms with Crippen molar-refractivity contribution in [3.05, 3.63) is 15.6 Å². The molecule has 2 amide bonds. The van der Waals surface area contributed by atoms with Crippen LogP contribution in [0, 0.1) is 6.92 Å². The predicted molar refractivity (Wildman–Crippen MR) is 86.8 cm³/mol. The molecule has 1 aromatic heterocycles. The number of aromatic nitrogens is 1. The summed E-state index contributed by atoms with van der Waals surface area (Å²) in [6, 6.07) is 0.716. The summed E-state index contributed by atoms with van der Waals surface area (Å²) in [5.41, 5.74) is 1.13. The average molecular weight is 310 g/mol. The minimum Gasteiger partial charge on any atom is -0.338 e. The zero-order chi connectivity index (χ0) is 15.4. The molecule has 21 heavy (non-hydrogen) atoms. The number of aryl methyl sites for hydroxylation is 2. The number of rotatable bonds is 5. The van der Waals surface area contributed by atoms with Gasteiger partial charge in [0.1, 0.15) is 0 Å². The quantitative estimate of drug-likeness (QED) is 0.878. The monoisotopic (exact) mass is 310 g/mol. The second kappa shape index (κ2) is 7.22. The largest absolute Gasteiger partial charge is 0.338 e. The zero-order valence-corrected chi connectivity index (χ0v) is 14.2. The third-order valence-corrected chi connectivity index (χ3v) is 5.35. The molecule has 1 saturated heterocycles. The van der Waals surface area contributed by atoms with E-state index in [0.29, 0.717) is 18.6 Å². The number of amides is 2. The molecule has 1 aliphatic rings. The molecule has 2 heterocycles. The smallest absolute Gasteiger partial charge is 0.317 e.